The Balaban J connectivity index is 7.02. The van der Waals surface area contributed by atoms with Crippen molar-refractivity contribution >= 4 is 47.3 Å². The average Bonchev–Trinajstić information content (AvgIpc) is 3.15. The highest BCUT2D eigenvalue weighted by atomic mass is 16.4. The highest BCUT2D eigenvalue weighted by Gasteiger charge is 2.53. The van der Waals surface area contributed by atoms with Gasteiger partial charge in [-0.15, -0.1) is 0 Å². The van der Waals surface area contributed by atoms with Crippen LogP contribution in [0.4, 0.5) is 0 Å². The summed E-state index contributed by atoms with van der Waals surface area (Å²) in [7, 11) is 0. The van der Waals surface area contributed by atoms with Gasteiger partial charge in [-0.2, -0.15) is 0 Å². The van der Waals surface area contributed by atoms with Crippen LogP contribution in [-0.4, -0.2) is 96.7 Å². The van der Waals surface area contributed by atoms with Crippen LogP contribution >= 0.6 is 0 Å². The average molecular weight is 923 g/mol. The standard InChI is InChI=1S/C48H90N8O9/c1-25(2)41(17,49)33(57)50-42(18,26(3)4)34(58)51-43(19,27(5)6)35(59)52-44(20,28(7)8)36(60)53-45(21,29(9)10)37(61)54-46(22,30(11)12)38(62)55-47(23,31(13)14)39(63)56-48(24,32(15)16)40(64)65/h25-32H,49H2,1-24H3,(H,50,57)(H,51,58)(H,52,59)(H,53,60)(H,54,61)(H,55,62)(H,56,63)(H,64,65)/t41-,42-,43-,44-,45-,46-,47-,48-/m0/s1. The molecule has 0 saturated carbocycles. The maximum Gasteiger partial charge on any atom is 0.329 e. The third-order valence-corrected chi connectivity index (χ3v) is 15.7. The van der Waals surface area contributed by atoms with E-state index in [0.29, 0.717) is 0 Å². The molecule has 0 unspecified atom stereocenters. The molecule has 0 fully saturated rings. The van der Waals surface area contributed by atoms with E-state index in [9.17, 15) is 43.5 Å². The predicted molar refractivity (Wildman–Crippen MR) is 255 cm³/mol. The number of aliphatic carboxylic acids is 1. The minimum Gasteiger partial charge on any atom is -0.480 e. The van der Waals surface area contributed by atoms with Gasteiger partial charge in [0.15, 0.2) is 0 Å². The third-order valence-electron chi connectivity index (χ3n) is 15.7. The summed E-state index contributed by atoms with van der Waals surface area (Å²) in [6.07, 6.45) is 0. The Hall–Kier alpha value is -4.28. The largest absolute Gasteiger partial charge is 0.480 e. The number of carbonyl (C=O) groups excluding carboxylic acids is 7. The molecule has 0 aromatic carbocycles. The maximum absolute atomic E-state index is 14.7. The van der Waals surface area contributed by atoms with Crippen molar-refractivity contribution in [2.75, 3.05) is 0 Å². The molecule has 0 radical (unpaired) electrons. The van der Waals surface area contributed by atoms with Crippen molar-refractivity contribution in [3.63, 3.8) is 0 Å². The Bertz CT molecular complexity index is 1790. The molecule has 17 heteroatoms. The zero-order chi connectivity index (χ0) is 52.2. The summed E-state index contributed by atoms with van der Waals surface area (Å²) >= 11 is 0. The molecular weight excluding hydrogens is 833 g/mol. The molecule has 376 valence electrons. The van der Waals surface area contributed by atoms with Gasteiger partial charge in [0.2, 0.25) is 41.4 Å². The first-order chi connectivity index (χ1) is 28.9. The van der Waals surface area contributed by atoms with Gasteiger partial charge in [-0.25, -0.2) is 4.79 Å². The molecule has 0 heterocycles. The molecule has 0 aliphatic carbocycles. The predicted octanol–water partition coefficient (Wildman–Crippen LogP) is 4.16. The molecule has 0 rings (SSSR count). The van der Waals surface area contributed by atoms with Gasteiger partial charge in [-0.3, -0.25) is 33.6 Å². The SMILES string of the molecule is CC(C)[C@](C)(N)C(=O)N[C@](C)(C(=O)N[C@](C)(C(=O)N[C@](C)(C(=O)N[C@](C)(C(=O)N[C@](C)(C(=O)N[C@](C)(C(=O)N[C@](C)(C(=O)O)C(C)C)C(C)C)C(C)C)C(C)C)C(C)C)C(C)C)C(C)C. The van der Waals surface area contributed by atoms with Crippen molar-refractivity contribution in [3.05, 3.63) is 0 Å². The Morgan fingerprint density at radius 1 is 0.292 bits per heavy atom. The fourth-order valence-electron chi connectivity index (χ4n) is 6.05. The molecular formula is C48H90N8O9. The summed E-state index contributed by atoms with van der Waals surface area (Å²) in [5.41, 5.74) is -6.35. The normalized spacial score (nSPS) is 19.6. The number of rotatable bonds is 23. The van der Waals surface area contributed by atoms with E-state index < -0.39 is 133 Å². The van der Waals surface area contributed by atoms with Gasteiger partial charge < -0.3 is 48.1 Å². The number of hydrogen-bond acceptors (Lipinski definition) is 9. The smallest absolute Gasteiger partial charge is 0.329 e. The first-order valence-electron chi connectivity index (χ1n) is 23.2. The Morgan fingerprint density at radius 3 is 0.554 bits per heavy atom. The quantitative estimate of drug-likeness (QED) is 0.0707. The third kappa shape index (κ3) is 12.4. The van der Waals surface area contributed by atoms with E-state index in [1.165, 1.54) is 34.6 Å². The summed E-state index contributed by atoms with van der Waals surface area (Å²) in [6.45, 7) is 39.8. The second-order valence-corrected chi connectivity index (χ2v) is 22.4. The summed E-state index contributed by atoms with van der Waals surface area (Å²) in [4.78, 5) is 112. The van der Waals surface area contributed by atoms with Gasteiger partial charge >= 0.3 is 5.97 Å². The van der Waals surface area contributed by atoms with Crippen LogP contribution in [0.25, 0.3) is 0 Å². The van der Waals surface area contributed by atoms with Gasteiger partial charge in [0.25, 0.3) is 0 Å². The maximum atomic E-state index is 14.7. The van der Waals surface area contributed by atoms with Gasteiger partial charge in [-0.1, -0.05) is 111 Å². The number of carboxylic acids is 1. The first kappa shape index (κ1) is 60.7. The van der Waals surface area contributed by atoms with E-state index in [1.807, 2.05) is 0 Å². The monoisotopic (exact) mass is 923 g/mol. The van der Waals surface area contributed by atoms with Crippen LogP contribution in [0, 0.1) is 47.3 Å². The summed E-state index contributed by atoms with van der Waals surface area (Å²) < 4.78 is 0. The molecule has 7 amide bonds. The molecule has 0 aromatic rings. The van der Waals surface area contributed by atoms with E-state index in [2.05, 4.69) is 37.2 Å². The molecule has 0 aliphatic rings. The van der Waals surface area contributed by atoms with E-state index in [1.54, 1.807) is 132 Å². The molecule has 0 aliphatic heterocycles. The van der Waals surface area contributed by atoms with Crippen LogP contribution < -0.4 is 43.0 Å². The van der Waals surface area contributed by atoms with Crippen molar-refractivity contribution < 1.29 is 43.5 Å². The van der Waals surface area contributed by atoms with Crippen LogP contribution in [0.2, 0.25) is 0 Å². The van der Waals surface area contributed by atoms with E-state index in [-0.39, 0.29) is 5.92 Å². The van der Waals surface area contributed by atoms with E-state index >= 15 is 0 Å². The van der Waals surface area contributed by atoms with E-state index in [0.717, 1.165) is 0 Å². The number of hydrogen-bond donors (Lipinski definition) is 9. The molecule has 0 aromatic heterocycles. The lowest BCUT2D eigenvalue weighted by Gasteiger charge is -2.45. The fraction of sp³-hybridized carbons (Fsp3) is 0.833. The van der Waals surface area contributed by atoms with Crippen molar-refractivity contribution in [2.45, 2.75) is 210 Å². The summed E-state index contributed by atoms with van der Waals surface area (Å²) in [5.74, 6) is -9.94. The Labute approximate surface area is 390 Å². The van der Waals surface area contributed by atoms with Crippen molar-refractivity contribution in [2.24, 2.45) is 53.1 Å². The van der Waals surface area contributed by atoms with Crippen molar-refractivity contribution in [1.29, 1.82) is 0 Å². The van der Waals surface area contributed by atoms with Crippen LogP contribution in [0.5, 0.6) is 0 Å². The number of carbonyl (C=O) groups is 8. The molecule has 0 bridgehead atoms. The topological polar surface area (TPSA) is 267 Å². The Kier molecular flexibility index (Phi) is 19.7. The first-order valence-corrected chi connectivity index (χ1v) is 23.2. The molecule has 65 heavy (non-hydrogen) atoms. The summed E-state index contributed by atoms with van der Waals surface area (Å²) in [6, 6.07) is 0. The van der Waals surface area contributed by atoms with Crippen LogP contribution in [0.1, 0.15) is 166 Å². The van der Waals surface area contributed by atoms with E-state index in [4.69, 9.17) is 5.73 Å². The minimum atomic E-state index is -1.69. The van der Waals surface area contributed by atoms with Crippen molar-refractivity contribution in [1.82, 2.24) is 37.2 Å². The van der Waals surface area contributed by atoms with Crippen LogP contribution in [-0.2, 0) is 38.4 Å². The fourth-order valence-corrected chi connectivity index (χ4v) is 6.05. The molecule has 0 saturated heterocycles. The Morgan fingerprint density at radius 2 is 0.431 bits per heavy atom. The molecule has 17 nitrogen and oxygen atoms in total. The number of carboxylic acid groups (broad SMARTS) is 1. The van der Waals surface area contributed by atoms with Crippen LogP contribution in [0.15, 0.2) is 0 Å². The number of nitrogens with two attached hydrogens (primary N) is 1. The second kappa shape index (κ2) is 21.1. The van der Waals surface area contributed by atoms with Gasteiger partial charge in [-0.05, 0) is 103 Å². The zero-order valence-electron chi connectivity index (χ0n) is 44.4. The van der Waals surface area contributed by atoms with Gasteiger partial charge in [0.1, 0.15) is 38.8 Å². The minimum absolute atomic E-state index is 0.253. The van der Waals surface area contributed by atoms with Gasteiger partial charge in [0.05, 0.1) is 5.54 Å². The second-order valence-electron chi connectivity index (χ2n) is 22.4. The highest BCUT2D eigenvalue weighted by Crippen LogP contribution is 2.30. The zero-order valence-corrected chi connectivity index (χ0v) is 44.4. The lowest BCUT2D eigenvalue weighted by Crippen LogP contribution is -2.74. The number of amides is 7. The number of nitrogens with one attached hydrogen (secondary N) is 7. The summed E-state index contributed by atoms with van der Waals surface area (Å²) in [5, 5.41) is 29.9. The van der Waals surface area contributed by atoms with Crippen LogP contribution in [0.3, 0.4) is 0 Å². The molecule has 0 spiro atoms. The molecule has 8 atom stereocenters. The van der Waals surface area contributed by atoms with Gasteiger partial charge in [0, 0.05) is 0 Å². The highest BCUT2D eigenvalue weighted by molar-refractivity contribution is 6.03. The van der Waals surface area contributed by atoms with Crippen molar-refractivity contribution in [3.8, 4) is 0 Å². The lowest BCUT2D eigenvalue weighted by atomic mass is 9.79. The lowest BCUT2D eigenvalue weighted by molar-refractivity contribution is -0.151. The molecule has 10 N–H and O–H groups in total.